The molecule has 6 nitrogen and oxygen atoms in total. The van der Waals surface area contributed by atoms with E-state index in [1.54, 1.807) is 55.6 Å². The molecule has 3 aromatic carbocycles. The van der Waals surface area contributed by atoms with Crippen molar-refractivity contribution < 1.29 is 24.2 Å². The number of ether oxygens (including phenoxy) is 2. The standard InChI is InChI=1S/C28H27NO5/c1-5-34-23-8-6-7-20(16-23)26(30)24-25(19-10-13-22(33-4)14-11-19)29(28(32)27(24)31)21-12-9-17(2)18(3)15-21/h6-16,25,30H,5H2,1-4H3/b26-24+. The van der Waals surface area contributed by atoms with Gasteiger partial charge in [-0.05, 0) is 73.9 Å². The number of anilines is 1. The second kappa shape index (κ2) is 9.43. The van der Waals surface area contributed by atoms with Crippen molar-refractivity contribution in [2.24, 2.45) is 0 Å². The number of rotatable bonds is 6. The summed E-state index contributed by atoms with van der Waals surface area (Å²) in [5, 5.41) is 11.3. The number of amides is 1. The van der Waals surface area contributed by atoms with Crippen LogP contribution in [0.4, 0.5) is 5.69 Å². The van der Waals surface area contributed by atoms with E-state index in [1.165, 1.54) is 4.90 Å². The van der Waals surface area contributed by atoms with Crippen molar-refractivity contribution in [1.82, 2.24) is 0 Å². The van der Waals surface area contributed by atoms with Gasteiger partial charge in [-0.15, -0.1) is 0 Å². The predicted octanol–water partition coefficient (Wildman–Crippen LogP) is 5.34. The minimum Gasteiger partial charge on any atom is -0.507 e. The Bertz CT molecular complexity index is 1280. The summed E-state index contributed by atoms with van der Waals surface area (Å²) in [7, 11) is 1.57. The lowest BCUT2D eigenvalue weighted by molar-refractivity contribution is -0.132. The molecule has 3 aromatic rings. The number of nitrogens with zero attached hydrogens (tertiary/aromatic N) is 1. The molecular formula is C28H27NO5. The van der Waals surface area contributed by atoms with Gasteiger partial charge in [0.1, 0.15) is 17.3 Å². The minimum absolute atomic E-state index is 0.0297. The number of methoxy groups -OCH3 is 1. The largest absolute Gasteiger partial charge is 0.507 e. The van der Waals surface area contributed by atoms with Crippen LogP contribution in [0.3, 0.4) is 0 Å². The van der Waals surface area contributed by atoms with Gasteiger partial charge in [0.15, 0.2) is 0 Å². The third kappa shape index (κ3) is 4.15. The lowest BCUT2D eigenvalue weighted by Gasteiger charge is -2.26. The van der Waals surface area contributed by atoms with Crippen LogP contribution in [-0.2, 0) is 9.59 Å². The molecule has 0 aromatic heterocycles. The van der Waals surface area contributed by atoms with Crippen LogP contribution >= 0.6 is 0 Å². The molecule has 1 fully saturated rings. The lowest BCUT2D eigenvalue weighted by atomic mass is 9.95. The molecule has 34 heavy (non-hydrogen) atoms. The first-order valence-corrected chi connectivity index (χ1v) is 11.1. The number of carbonyl (C=O) groups is 2. The maximum absolute atomic E-state index is 13.3. The first kappa shape index (κ1) is 23.1. The highest BCUT2D eigenvalue weighted by molar-refractivity contribution is 6.51. The van der Waals surface area contributed by atoms with Gasteiger partial charge in [0.2, 0.25) is 0 Å². The summed E-state index contributed by atoms with van der Waals surface area (Å²) in [6, 6.07) is 18.8. The van der Waals surface area contributed by atoms with Crippen LogP contribution in [0.2, 0.25) is 0 Å². The number of aryl methyl sites for hydroxylation is 2. The van der Waals surface area contributed by atoms with Gasteiger partial charge in [0.05, 0.1) is 25.3 Å². The quantitative estimate of drug-likeness (QED) is 0.307. The Kier molecular flexibility index (Phi) is 6.41. The molecule has 4 rings (SSSR count). The molecule has 1 saturated heterocycles. The van der Waals surface area contributed by atoms with Crippen LogP contribution < -0.4 is 14.4 Å². The molecule has 1 aliphatic heterocycles. The SMILES string of the molecule is CCOc1cccc(/C(O)=C2\C(=O)C(=O)N(c3ccc(C)c(C)c3)C2c2ccc(OC)cc2)c1. The number of aliphatic hydroxyl groups is 1. The second-order valence-corrected chi connectivity index (χ2v) is 8.17. The maximum Gasteiger partial charge on any atom is 0.300 e. The Labute approximate surface area is 199 Å². The molecule has 1 heterocycles. The van der Waals surface area contributed by atoms with Crippen LogP contribution in [0, 0.1) is 13.8 Å². The highest BCUT2D eigenvalue weighted by Crippen LogP contribution is 2.43. The van der Waals surface area contributed by atoms with Crippen LogP contribution in [0.15, 0.2) is 72.3 Å². The molecule has 1 atom stereocenters. The molecule has 0 aliphatic carbocycles. The highest BCUT2D eigenvalue weighted by Gasteiger charge is 2.47. The number of hydrogen-bond acceptors (Lipinski definition) is 5. The van der Waals surface area contributed by atoms with Crippen LogP contribution in [0.5, 0.6) is 11.5 Å². The molecule has 0 radical (unpaired) electrons. The van der Waals surface area contributed by atoms with Crippen molar-refractivity contribution in [1.29, 1.82) is 0 Å². The Morgan fingerprint density at radius 1 is 0.941 bits per heavy atom. The average molecular weight is 458 g/mol. The van der Waals surface area contributed by atoms with E-state index >= 15 is 0 Å². The van der Waals surface area contributed by atoms with E-state index in [0.717, 1.165) is 11.1 Å². The Morgan fingerprint density at radius 3 is 2.32 bits per heavy atom. The molecule has 0 spiro atoms. The zero-order valence-corrected chi connectivity index (χ0v) is 19.7. The molecule has 6 heteroatoms. The van der Waals surface area contributed by atoms with Crippen molar-refractivity contribution in [3.8, 4) is 11.5 Å². The molecule has 174 valence electrons. The normalized spacial score (nSPS) is 17.2. The summed E-state index contributed by atoms with van der Waals surface area (Å²) in [4.78, 5) is 28.1. The zero-order valence-electron chi connectivity index (χ0n) is 19.7. The molecule has 1 aliphatic rings. The van der Waals surface area contributed by atoms with E-state index in [2.05, 4.69) is 0 Å². The van der Waals surface area contributed by atoms with Gasteiger partial charge in [0.25, 0.3) is 11.7 Å². The summed E-state index contributed by atoms with van der Waals surface area (Å²) < 4.78 is 10.8. The van der Waals surface area contributed by atoms with Crippen molar-refractivity contribution >= 4 is 23.1 Å². The summed E-state index contributed by atoms with van der Waals surface area (Å²) in [5.41, 5.74) is 3.78. The maximum atomic E-state index is 13.3. The number of Topliss-reactive ketones (excluding diaryl/α,β-unsaturated/α-hetero) is 1. The third-order valence-corrected chi connectivity index (χ3v) is 6.06. The fraction of sp³-hybridized carbons (Fsp3) is 0.214. The predicted molar refractivity (Wildman–Crippen MR) is 131 cm³/mol. The van der Waals surface area contributed by atoms with Crippen molar-refractivity contribution in [3.63, 3.8) is 0 Å². The van der Waals surface area contributed by atoms with Crippen molar-refractivity contribution in [2.45, 2.75) is 26.8 Å². The lowest BCUT2D eigenvalue weighted by Crippen LogP contribution is -2.29. The van der Waals surface area contributed by atoms with Gasteiger partial charge in [-0.2, -0.15) is 0 Å². The molecule has 1 unspecified atom stereocenters. The monoisotopic (exact) mass is 457 g/mol. The van der Waals surface area contributed by atoms with E-state index in [4.69, 9.17) is 9.47 Å². The van der Waals surface area contributed by atoms with Crippen molar-refractivity contribution in [3.05, 3.63) is 94.6 Å². The van der Waals surface area contributed by atoms with Gasteiger partial charge < -0.3 is 14.6 Å². The first-order chi connectivity index (χ1) is 16.3. The van der Waals surface area contributed by atoms with Crippen LogP contribution in [0.1, 0.15) is 35.2 Å². The molecule has 1 amide bonds. The van der Waals surface area contributed by atoms with E-state index in [9.17, 15) is 14.7 Å². The average Bonchev–Trinajstić information content (AvgIpc) is 3.11. The first-order valence-electron chi connectivity index (χ1n) is 11.1. The Hall–Kier alpha value is -4.06. The van der Waals surface area contributed by atoms with Crippen LogP contribution in [-0.4, -0.2) is 30.5 Å². The van der Waals surface area contributed by atoms with Crippen molar-refractivity contribution in [2.75, 3.05) is 18.6 Å². The van der Waals surface area contributed by atoms with E-state index in [1.807, 2.05) is 39.0 Å². The Balaban J connectivity index is 1.92. The van der Waals surface area contributed by atoms with Gasteiger partial charge >= 0.3 is 0 Å². The van der Waals surface area contributed by atoms with Gasteiger partial charge in [-0.1, -0.05) is 30.3 Å². The van der Waals surface area contributed by atoms with E-state index in [0.29, 0.717) is 34.9 Å². The zero-order chi connectivity index (χ0) is 24.4. The number of hydrogen-bond donors (Lipinski definition) is 1. The molecule has 1 N–H and O–H groups in total. The van der Waals surface area contributed by atoms with E-state index in [-0.39, 0.29) is 11.3 Å². The minimum atomic E-state index is -0.802. The topological polar surface area (TPSA) is 76.1 Å². The smallest absolute Gasteiger partial charge is 0.300 e. The Morgan fingerprint density at radius 2 is 1.68 bits per heavy atom. The molecular weight excluding hydrogens is 430 g/mol. The van der Waals surface area contributed by atoms with Gasteiger partial charge in [-0.25, -0.2) is 0 Å². The van der Waals surface area contributed by atoms with Gasteiger partial charge in [-0.3, -0.25) is 14.5 Å². The molecule has 0 saturated carbocycles. The van der Waals surface area contributed by atoms with Gasteiger partial charge in [0, 0.05) is 11.3 Å². The summed E-state index contributed by atoms with van der Waals surface area (Å²) in [5.74, 6) is -0.454. The van der Waals surface area contributed by atoms with E-state index < -0.39 is 17.7 Å². The van der Waals surface area contributed by atoms with Crippen LogP contribution in [0.25, 0.3) is 5.76 Å². The summed E-state index contributed by atoms with van der Waals surface area (Å²) in [6.45, 7) is 6.27. The fourth-order valence-corrected chi connectivity index (χ4v) is 4.13. The number of carbonyl (C=O) groups excluding carboxylic acids is 2. The second-order valence-electron chi connectivity index (χ2n) is 8.17. The molecule has 0 bridgehead atoms. The highest BCUT2D eigenvalue weighted by atomic mass is 16.5. The summed E-state index contributed by atoms with van der Waals surface area (Å²) in [6.07, 6.45) is 0. The number of ketones is 1. The summed E-state index contributed by atoms with van der Waals surface area (Å²) >= 11 is 0. The number of benzene rings is 3. The number of aliphatic hydroxyl groups excluding tert-OH is 1. The fourth-order valence-electron chi connectivity index (χ4n) is 4.13. The third-order valence-electron chi connectivity index (χ3n) is 6.06.